The summed E-state index contributed by atoms with van der Waals surface area (Å²) in [6.45, 7) is 10.1. The van der Waals surface area contributed by atoms with Gasteiger partial charge in [-0.3, -0.25) is 4.79 Å². The number of carbonyl (C=O) groups excluding carboxylic acids is 1. The lowest BCUT2D eigenvalue weighted by Gasteiger charge is -2.46. The second-order valence-corrected chi connectivity index (χ2v) is 6.02. The number of ketones is 1. The van der Waals surface area contributed by atoms with Crippen molar-refractivity contribution in [3.8, 4) is 0 Å². The fourth-order valence-electron chi connectivity index (χ4n) is 3.44. The Labute approximate surface area is 103 Å². The van der Waals surface area contributed by atoms with E-state index in [1.54, 1.807) is 0 Å². The molecule has 0 saturated heterocycles. The van der Waals surface area contributed by atoms with E-state index in [2.05, 4.69) is 13.5 Å². The summed E-state index contributed by atoms with van der Waals surface area (Å²) in [6, 6.07) is 0. The summed E-state index contributed by atoms with van der Waals surface area (Å²) in [5.74, 6) is 0.410. The van der Waals surface area contributed by atoms with Gasteiger partial charge in [0, 0.05) is 12.3 Å². The van der Waals surface area contributed by atoms with E-state index in [4.69, 9.17) is 0 Å². The van der Waals surface area contributed by atoms with Crippen LogP contribution in [-0.2, 0) is 4.79 Å². The quantitative estimate of drug-likeness (QED) is 0.708. The zero-order valence-corrected chi connectivity index (χ0v) is 11.0. The highest BCUT2D eigenvalue weighted by Gasteiger charge is 2.44. The Hall–Kier alpha value is -0.890. The first-order valence-corrected chi connectivity index (χ1v) is 6.42. The van der Waals surface area contributed by atoms with E-state index in [0.717, 1.165) is 30.4 Å². The highest BCUT2D eigenvalue weighted by atomic mass is 16.3. The summed E-state index contributed by atoms with van der Waals surface area (Å²) in [7, 11) is 0. The molecule has 0 spiro atoms. The van der Waals surface area contributed by atoms with E-state index in [1.165, 1.54) is 5.57 Å². The lowest BCUT2D eigenvalue weighted by molar-refractivity contribution is -0.117. The minimum atomic E-state index is -0.303. The standard InChI is InChI=1S/C15H22O2/c1-9(2)11-7-12-10(3)13(16)5-6-15(12,4)8-14(11)17/h11,14,17H,1,5-8H2,2-4H3. The van der Waals surface area contributed by atoms with Gasteiger partial charge in [-0.15, -0.1) is 0 Å². The van der Waals surface area contributed by atoms with Crippen molar-refractivity contribution in [2.24, 2.45) is 11.3 Å². The van der Waals surface area contributed by atoms with E-state index in [9.17, 15) is 9.90 Å². The molecule has 0 bridgehead atoms. The summed E-state index contributed by atoms with van der Waals surface area (Å²) >= 11 is 0. The number of aliphatic hydroxyl groups excluding tert-OH is 1. The van der Waals surface area contributed by atoms with Gasteiger partial charge >= 0.3 is 0 Å². The molecule has 3 unspecified atom stereocenters. The molecule has 1 N–H and O–H groups in total. The largest absolute Gasteiger partial charge is 0.392 e. The third-order valence-electron chi connectivity index (χ3n) is 4.68. The first-order valence-electron chi connectivity index (χ1n) is 6.42. The number of aliphatic hydroxyl groups is 1. The Morgan fingerprint density at radius 3 is 2.76 bits per heavy atom. The average Bonchev–Trinajstić information content (AvgIpc) is 2.23. The van der Waals surface area contributed by atoms with Crippen LogP contribution in [0.5, 0.6) is 0 Å². The fraction of sp³-hybridized carbons (Fsp3) is 0.667. The average molecular weight is 234 g/mol. The molecule has 0 aromatic carbocycles. The second kappa shape index (κ2) is 4.09. The maximum absolute atomic E-state index is 11.8. The molecule has 0 aliphatic heterocycles. The van der Waals surface area contributed by atoms with Crippen LogP contribution in [0.1, 0.15) is 46.5 Å². The molecule has 0 aromatic rings. The van der Waals surface area contributed by atoms with Crippen LogP contribution >= 0.6 is 0 Å². The maximum Gasteiger partial charge on any atom is 0.158 e. The normalized spacial score (nSPS) is 38.0. The molecule has 2 aliphatic rings. The van der Waals surface area contributed by atoms with Crippen molar-refractivity contribution >= 4 is 5.78 Å². The Bertz CT molecular complexity index is 405. The first kappa shape index (κ1) is 12.6. The molecule has 2 heteroatoms. The van der Waals surface area contributed by atoms with E-state index >= 15 is 0 Å². The SMILES string of the molecule is C=C(C)C1CC2=C(C)C(=O)CCC2(C)CC1O. The number of carbonyl (C=O) groups is 1. The Kier molecular flexibility index (Phi) is 3.03. The molecule has 0 radical (unpaired) electrons. The van der Waals surface area contributed by atoms with Crippen molar-refractivity contribution in [2.75, 3.05) is 0 Å². The van der Waals surface area contributed by atoms with Crippen LogP contribution in [0.2, 0.25) is 0 Å². The molecule has 0 heterocycles. The van der Waals surface area contributed by atoms with Crippen molar-refractivity contribution in [1.29, 1.82) is 0 Å². The molecule has 1 fully saturated rings. The zero-order valence-electron chi connectivity index (χ0n) is 11.0. The number of rotatable bonds is 1. The van der Waals surface area contributed by atoms with Crippen molar-refractivity contribution in [3.05, 3.63) is 23.3 Å². The van der Waals surface area contributed by atoms with Gasteiger partial charge in [-0.1, -0.05) is 24.6 Å². The smallest absolute Gasteiger partial charge is 0.158 e. The zero-order chi connectivity index (χ0) is 12.8. The molecule has 3 atom stereocenters. The van der Waals surface area contributed by atoms with Gasteiger partial charge in [0.05, 0.1) is 6.10 Å². The van der Waals surface area contributed by atoms with Gasteiger partial charge in [0.15, 0.2) is 5.78 Å². The number of hydrogen-bond acceptors (Lipinski definition) is 2. The van der Waals surface area contributed by atoms with Crippen molar-refractivity contribution in [2.45, 2.75) is 52.6 Å². The molecule has 0 aromatic heterocycles. The molecule has 0 amide bonds. The highest BCUT2D eigenvalue weighted by molar-refractivity contribution is 5.96. The van der Waals surface area contributed by atoms with Crippen LogP contribution in [0.15, 0.2) is 23.3 Å². The van der Waals surface area contributed by atoms with E-state index in [0.29, 0.717) is 6.42 Å². The second-order valence-electron chi connectivity index (χ2n) is 6.02. The summed E-state index contributed by atoms with van der Waals surface area (Å²) in [5, 5.41) is 10.2. The van der Waals surface area contributed by atoms with Crippen LogP contribution in [0.4, 0.5) is 0 Å². The first-order chi connectivity index (χ1) is 7.85. The van der Waals surface area contributed by atoms with Crippen LogP contribution in [0, 0.1) is 11.3 Å². The Morgan fingerprint density at radius 2 is 2.18 bits per heavy atom. The van der Waals surface area contributed by atoms with Crippen molar-refractivity contribution in [3.63, 3.8) is 0 Å². The van der Waals surface area contributed by atoms with E-state index in [1.807, 2.05) is 13.8 Å². The predicted molar refractivity (Wildman–Crippen MR) is 68.6 cm³/mol. The van der Waals surface area contributed by atoms with Crippen LogP contribution in [0.3, 0.4) is 0 Å². The minimum Gasteiger partial charge on any atom is -0.392 e. The van der Waals surface area contributed by atoms with Gasteiger partial charge in [-0.2, -0.15) is 0 Å². The predicted octanol–water partition coefficient (Wildman–Crippen LogP) is 3.02. The van der Waals surface area contributed by atoms with Crippen LogP contribution < -0.4 is 0 Å². The van der Waals surface area contributed by atoms with Crippen molar-refractivity contribution in [1.82, 2.24) is 0 Å². The van der Waals surface area contributed by atoms with Gasteiger partial charge < -0.3 is 5.11 Å². The van der Waals surface area contributed by atoms with E-state index < -0.39 is 0 Å². The molecule has 1 saturated carbocycles. The lowest BCUT2D eigenvalue weighted by Crippen LogP contribution is -2.41. The minimum absolute atomic E-state index is 0.0311. The van der Waals surface area contributed by atoms with Crippen molar-refractivity contribution < 1.29 is 9.90 Å². The molecular weight excluding hydrogens is 212 g/mol. The molecule has 2 aliphatic carbocycles. The molecule has 2 nitrogen and oxygen atoms in total. The Balaban J connectivity index is 2.40. The lowest BCUT2D eigenvalue weighted by atomic mass is 9.60. The van der Waals surface area contributed by atoms with Gasteiger partial charge in [0.25, 0.3) is 0 Å². The fourth-order valence-corrected chi connectivity index (χ4v) is 3.44. The summed E-state index contributed by atoms with van der Waals surface area (Å²) in [6.07, 6.45) is 2.80. The highest BCUT2D eigenvalue weighted by Crippen LogP contribution is 2.51. The van der Waals surface area contributed by atoms with Gasteiger partial charge in [0.1, 0.15) is 0 Å². The van der Waals surface area contributed by atoms with Crippen LogP contribution in [-0.4, -0.2) is 17.0 Å². The molecule has 17 heavy (non-hydrogen) atoms. The summed E-state index contributed by atoms with van der Waals surface area (Å²) < 4.78 is 0. The molecule has 2 rings (SSSR count). The van der Waals surface area contributed by atoms with Gasteiger partial charge in [-0.05, 0) is 44.1 Å². The third-order valence-corrected chi connectivity index (χ3v) is 4.68. The monoisotopic (exact) mass is 234 g/mol. The summed E-state index contributed by atoms with van der Waals surface area (Å²) in [4.78, 5) is 11.8. The molecular formula is C15H22O2. The maximum atomic E-state index is 11.8. The number of allylic oxidation sites excluding steroid dienone is 2. The summed E-state index contributed by atoms with van der Waals surface area (Å²) in [5.41, 5.74) is 3.27. The van der Waals surface area contributed by atoms with Gasteiger partial charge in [0.2, 0.25) is 0 Å². The third kappa shape index (κ3) is 1.99. The topological polar surface area (TPSA) is 37.3 Å². The number of fused-ring (bicyclic) bond motifs is 1. The Morgan fingerprint density at radius 1 is 1.53 bits per heavy atom. The van der Waals surface area contributed by atoms with Gasteiger partial charge in [-0.25, -0.2) is 0 Å². The van der Waals surface area contributed by atoms with Crippen LogP contribution in [0.25, 0.3) is 0 Å². The number of hydrogen-bond donors (Lipinski definition) is 1. The number of Topliss-reactive ketones (excluding diaryl/α,β-unsaturated/α-hetero) is 1. The van der Waals surface area contributed by atoms with E-state index in [-0.39, 0.29) is 23.2 Å². The molecule has 94 valence electrons.